The van der Waals surface area contributed by atoms with E-state index in [4.69, 9.17) is 0 Å². The van der Waals surface area contributed by atoms with Gasteiger partial charge in [0.2, 0.25) is 0 Å². The molecule has 0 bridgehead atoms. The molecule has 1 aliphatic rings. The normalized spacial score (nSPS) is 19.4. The van der Waals surface area contributed by atoms with E-state index in [9.17, 15) is 0 Å². The molecule has 90 valence electrons. The standard InChI is InChI=1S/C14H24Si2/c1-15(2,3)11-13-9-7-8-10-14(13)12-16(4,5)6/h7-12H,1-6H3/q-2/b13-11+. The Labute approximate surface area is 103 Å². The van der Waals surface area contributed by atoms with Gasteiger partial charge in [-0.2, -0.15) is 12.2 Å². The van der Waals surface area contributed by atoms with Crippen LogP contribution < -0.4 is 0 Å². The van der Waals surface area contributed by atoms with Gasteiger partial charge in [0.25, 0.3) is 0 Å². The van der Waals surface area contributed by atoms with Gasteiger partial charge < -0.3 is 0 Å². The van der Waals surface area contributed by atoms with Gasteiger partial charge in [0.05, 0.1) is 0 Å². The second-order valence-corrected chi connectivity index (χ2v) is 16.7. The topological polar surface area (TPSA) is 0 Å². The van der Waals surface area contributed by atoms with Gasteiger partial charge in [-0.1, -0.05) is 39.3 Å². The first kappa shape index (κ1) is 13.5. The van der Waals surface area contributed by atoms with Crippen molar-refractivity contribution in [1.82, 2.24) is 0 Å². The van der Waals surface area contributed by atoms with Crippen LogP contribution in [0.2, 0.25) is 39.3 Å². The van der Waals surface area contributed by atoms with Crippen molar-refractivity contribution in [2.75, 3.05) is 0 Å². The van der Waals surface area contributed by atoms with Crippen molar-refractivity contribution in [3.63, 3.8) is 0 Å². The summed E-state index contributed by atoms with van der Waals surface area (Å²) in [6.07, 6.45) is 8.80. The van der Waals surface area contributed by atoms with Crippen LogP contribution in [0.3, 0.4) is 0 Å². The van der Waals surface area contributed by atoms with Crippen molar-refractivity contribution >= 4 is 16.1 Å². The van der Waals surface area contributed by atoms with E-state index in [-0.39, 0.29) is 0 Å². The lowest BCUT2D eigenvalue weighted by molar-refractivity contribution is 1.39. The second-order valence-electron chi connectivity index (χ2n) is 6.65. The highest BCUT2D eigenvalue weighted by Crippen LogP contribution is 2.27. The molecule has 1 aliphatic carbocycles. The molecule has 0 saturated carbocycles. The Morgan fingerprint density at radius 1 is 1.12 bits per heavy atom. The Bertz CT molecular complexity index is 333. The fourth-order valence-electron chi connectivity index (χ4n) is 1.71. The van der Waals surface area contributed by atoms with Gasteiger partial charge in [0.1, 0.15) is 0 Å². The van der Waals surface area contributed by atoms with E-state index in [1.807, 2.05) is 0 Å². The van der Waals surface area contributed by atoms with Gasteiger partial charge >= 0.3 is 0 Å². The zero-order chi connectivity index (χ0) is 12.4. The molecule has 0 unspecified atom stereocenters. The maximum Gasteiger partial charge on any atom is 0.0104 e. The fraction of sp³-hybridized carbons (Fsp3) is 0.429. The molecule has 0 aromatic rings. The Hall–Kier alpha value is -0.606. The minimum Gasteiger partial charge on any atom is -0.279 e. The van der Waals surface area contributed by atoms with E-state index in [2.05, 4.69) is 75.7 Å². The summed E-state index contributed by atoms with van der Waals surface area (Å²) in [6, 6.07) is 2.50. The molecule has 0 aliphatic heterocycles. The summed E-state index contributed by atoms with van der Waals surface area (Å²) in [7, 11) is -2.27. The fourth-order valence-corrected chi connectivity index (χ4v) is 4.10. The third-order valence-corrected chi connectivity index (χ3v) is 4.53. The molecular weight excluding hydrogens is 224 g/mol. The molecule has 0 saturated heterocycles. The van der Waals surface area contributed by atoms with Crippen LogP contribution in [0.15, 0.2) is 35.1 Å². The average Bonchev–Trinajstić information content (AvgIpc) is 2.03. The Morgan fingerprint density at radius 2 is 1.75 bits per heavy atom. The number of allylic oxidation sites excluding steroid dienone is 5. The van der Waals surface area contributed by atoms with E-state index in [0.717, 1.165) is 0 Å². The van der Waals surface area contributed by atoms with Crippen LogP contribution >= 0.6 is 0 Å². The van der Waals surface area contributed by atoms with Gasteiger partial charge in [-0.05, 0) is 8.07 Å². The SMILES string of the molecule is C[Si](C)(C)/C=C1\[CH-]C=CC=C1[CH-][Si](C)(C)C. The maximum absolute atomic E-state index is 2.50. The smallest absolute Gasteiger partial charge is 0.0104 e. The van der Waals surface area contributed by atoms with Crippen LogP contribution in [0.5, 0.6) is 0 Å². The van der Waals surface area contributed by atoms with Crippen LogP contribution in [-0.4, -0.2) is 16.1 Å². The van der Waals surface area contributed by atoms with Crippen molar-refractivity contribution in [2.45, 2.75) is 39.3 Å². The first-order valence-electron chi connectivity index (χ1n) is 5.98. The molecule has 16 heavy (non-hydrogen) atoms. The summed E-state index contributed by atoms with van der Waals surface area (Å²) in [4.78, 5) is 0. The first-order chi connectivity index (χ1) is 7.17. The number of rotatable bonds is 3. The predicted molar refractivity (Wildman–Crippen MR) is 80.6 cm³/mol. The highest BCUT2D eigenvalue weighted by molar-refractivity contribution is 6.81. The lowest BCUT2D eigenvalue weighted by atomic mass is 10.0. The third kappa shape index (κ3) is 4.95. The van der Waals surface area contributed by atoms with Crippen molar-refractivity contribution in [2.24, 2.45) is 0 Å². The molecule has 0 fully saturated rings. The number of hydrogen-bond donors (Lipinski definition) is 0. The minimum atomic E-state index is -1.13. The minimum absolute atomic E-state index is 1.13. The Balaban J connectivity index is 2.91. The van der Waals surface area contributed by atoms with Crippen molar-refractivity contribution in [3.05, 3.63) is 47.5 Å². The molecule has 0 radical (unpaired) electrons. The molecule has 0 atom stereocenters. The summed E-state index contributed by atoms with van der Waals surface area (Å²) >= 11 is 0. The molecule has 0 amide bonds. The van der Waals surface area contributed by atoms with Crippen molar-refractivity contribution < 1.29 is 0 Å². The van der Waals surface area contributed by atoms with Gasteiger partial charge in [-0.15, -0.1) is 0 Å². The quantitative estimate of drug-likeness (QED) is 0.507. The highest BCUT2D eigenvalue weighted by Gasteiger charge is 2.09. The van der Waals surface area contributed by atoms with E-state index < -0.39 is 16.1 Å². The summed E-state index contributed by atoms with van der Waals surface area (Å²) < 4.78 is 0. The molecular formula is C14H24Si2-2. The van der Waals surface area contributed by atoms with Crippen LogP contribution in [0.4, 0.5) is 0 Å². The molecule has 1 rings (SSSR count). The molecule has 0 nitrogen and oxygen atoms in total. The van der Waals surface area contributed by atoms with Gasteiger partial charge in [0, 0.05) is 8.07 Å². The second kappa shape index (κ2) is 4.72. The van der Waals surface area contributed by atoms with Gasteiger partial charge in [-0.25, -0.2) is 24.2 Å². The highest BCUT2D eigenvalue weighted by atomic mass is 28.3. The lowest BCUT2D eigenvalue weighted by Gasteiger charge is -2.38. The van der Waals surface area contributed by atoms with Crippen molar-refractivity contribution in [3.8, 4) is 0 Å². The summed E-state index contributed by atoms with van der Waals surface area (Å²) in [6.45, 7) is 14.3. The van der Waals surface area contributed by atoms with E-state index in [1.54, 1.807) is 0 Å². The average molecular weight is 249 g/mol. The lowest BCUT2D eigenvalue weighted by Crippen LogP contribution is -2.24. The molecule has 2 heteroatoms. The largest absolute Gasteiger partial charge is 0.279 e. The van der Waals surface area contributed by atoms with Crippen LogP contribution in [0.25, 0.3) is 0 Å². The zero-order valence-electron chi connectivity index (χ0n) is 11.5. The van der Waals surface area contributed by atoms with Crippen LogP contribution in [0.1, 0.15) is 0 Å². The van der Waals surface area contributed by atoms with Gasteiger partial charge in [0.15, 0.2) is 0 Å². The molecule has 0 aromatic carbocycles. The Kier molecular flexibility index (Phi) is 3.97. The molecule has 0 heterocycles. The number of hydrogen-bond acceptors (Lipinski definition) is 0. The van der Waals surface area contributed by atoms with Gasteiger partial charge in [-0.3, -0.25) is 11.1 Å². The summed E-state index contributed by atoms with van der Waals surface area (Å²) in [5, 5.41) is 0. The van der Waals surface area contributed by atoms with Crippen LogP contribution in [0, 0.1) is 12.5 Å². The molecule has 0 spiro atoms. The van der Waals surface area contributed by atoms with E-state index >= 15 is 0 Å². The summed E-state index contributed by atoms with van der Waals surface area (Å²) in [5.41, 5.74) is 5.37. The third-order valence-electron chi connectivity index (χ3n) is 2.17. The Morgan fingerprint density at radius 3 is 2.25 bits per heavy atom. The summed E-state index contributed by atoms with van der Waals surface area (Å²) in [5.74, 6) is 0. The molecule has 0 N–H and O–H groups in total. The molecule has 0 aromatic heterocycles. The van der Waals surface area contributed by atoms with E-state index in [0.29, 0.717) is 0 Å². The predicted octanol–water partition coefficient (Wildman–Crippen LogP) is 4.57. The first-order valence-corrected chi connectivity index (χ1v) is 13.1. The monoisotopic (exact) mass is 248 g/mol. The van der Waals surface area contributed by atoms with Crippen molar-refractivity contribution in [1.29, 1.82) is 0 Å². The maximum atomic E-state index is 2.50. The van der Waals surface area contributed by atoms with E-state index in [1.165, 1.54) is 11.1 Å². The van der Waals surface area contributed by atoms with Crippen LogP contribution in [-0.2, 0) is 0 Å². The zero-order valence-corrected chi connectivity index (χ0v) is 13.5.